The van der Waals surface area contributed by atoms with Crippen LogP contribution in [-0.4, -0.2) is 22.9 Å². The number of nitrogens with zero attached hydrogens (tertiary/aromatic N) is 1. The molecule has 104 valence electrons. The van der Waals surface area contributed by atoms with Gasteiger partial charge in [0.1, 0.15) is 5.56 Å². The van der Waals surface area contributed by atoms with E-state index in [1.54, 1.807) is 24.8 Å². The number of ether oxygens (including phenoxy) is 1. The second kappa shape index (κ2) is 5.32. The molecule has 0 atom stereocenters. The molecule has 0 radical (unpaired) electrons. The molecule has 0 saturated heterocycles. The molecule has 20 heavy (non-hydrogen) atoms. The molecule has 0 bridgehead atoms. The van der Waals surface area contributed by atoms with Crippen LogP contribution in [0.4, 0.5) is 0 Å². The lowest BCUT2D eigenvalue weighted by Crippen LogP contribution is -2.25. The molecular weight excluding hydrogens is 274 g/mol. The average Bonchev–Trinajstić information content (AvgIpc) is 2.48. The number of pyridine rings is 1. The smallest absolute Gasteiger partial charge is 0.344 e. The molecule has 0 aliphatic carbocycles. The Balaban J connectivity index is 2.36. The van der Waals surface area contributed by atoms with Crippen LogP contribution >= 0.6 is 11.8 Å². The molecule has 1 aromatic heterocycles. The molecule has 0 amide bonds. The maximum atomic E-state index is 12.6. The van der Waals surface area contributed by atoms with Gasteiger partial charge >= 0.3 is 5.97 Å². The summed E-state index contributed by atoms with van der Waals surface area (Å²) < 4.78 is 7.12. The van der Waals surface area contributed by atoms with E-state index < -0.39 is 5.97 Å². The van der Waals surface area contributed by atoms with E-state index in [0.29, 0.717) is 5.39 Å². The van der Waals surface area contributed by atoms with Crippen LogP contribution in [0.3, 0.4) is 0 Å². The van der Waals surface area contributed by atoms with E-state index >= 15 is 0 Å². The highest BCUT2D eigenvalue weighted by atomic mass is 32.2. The van der Waals surface area contributed by atoms with E-state index in [0.717, 1.165) is 29.3 Å². The van der Waals surface area contributed by atoms with Crippen LogP contribution in [0.5, 0.6) is 0 Å². The number of hydrogen-bond donors (Lipinski definition) is 0. The highest BCUT2D eigenvalue weighted by Crippen LogP contribution is 2.30. The predicted octanol–water partition coefficient (Wildman–Crippen LogP) is 2.67. The Morgan fingerprint density at radius 2 is 2.20 bits per heavy atom. The first-order valence-electron chi connectivity index (χ1n) is 6.69. The van der Waals surface area contributed by atoms with Gasteiger partial charge in [0.25, 0.3) is 0 Å². The summed E-state index contributed by atoms with van der Waals surface area (Å²) in [4.78, 5) is 24.7. The van der Waals surface area contributed by atoms with Crippen molar-refractivity contribution in [3.05, 3.63) is 40.1 Å². The molecule has 2 aromatic rings. The third-order valence-corrected chi connectivity index (χ3v) is 4.56. The first kappa shape index (κ1) is 13.2. The minimum atomic E-state index is -0.513. The predicted molar refractivity (Wildman–Crippen MR) is 79.5 cm³/mol. The monoisotopic (exact) mass is 289 g/mol. The van der Waals surface area contributed by atoms with E-state index in [1.165, 1.54) is 0 Å². The second-order valence-corrected chi connectivity index (χ2v) is 5.68. The zero-order chi connectivity index (χ0) is 14.1. The Bertz CT molecular complexity index is 736. The second-order valence-electron chi connectivity index (χ2n) is 4.60. The van der Waals surface area contributed by atoms with E-state index in [1.807, 2.05) is 18.2 Å². The molecule has 2 heterocycles. The highest BCUT2D eigenvalue weighted by Gasteiger charge is 2.25. The van der Waals surface area contributed by atoms with E-state index in [9.17, 15) is 9.59 Å². The van der Waals surface area contributed by atoms with Gasteiger partial charge in [0.05, 0.1) is 17.1 Å². The quantitative estimate of drug-likeness (QED) is 0.798. The Morgan fingerprint density at radius 3 is 3.00 bits per heavy atom. The van der Waals surface area contributed by atoms with Crippen LogP contribution in [0.15, 0.2) is 34.1 Å². The van der Waals surface area contributed by atoms with Crippen molar-refractivity contribution < 1.29 is 9.53 Å². The van der Waals surface area contributed by atoms with Gasteiger partial charge < -0.3 is 9.30 Å². The number of carbonyl (C=O) groups excluding carboxylic acids is 1. The number of carbonyl (C=O) groups is 1. The SMILES string of the molecule is CCOC(=O)c1c2n(c3ccccc3c1=O)CCCS2. The molecule has 0 unspecified atom stereocenters. The zero-order valence-electron chi connectivity index (χ0n) is 11.2. The third kappa shape index (κ3) is 2.02. The minimum Gasteiger partial charge on any atom is -0.462 e. The summed E-state index contributed by atoms with van der Waals surface area (Å²) in [7, 11) is 0. The molecule has 1 aliphatic heterocycles. The van der Waals surface area contributed by atoms with Gasteiger partial charge in [-0.3, -0.25) is 4.79 Å². The largest absolute Gasteiger partial charge is 0.462 e. The average molecular weight is 289 g/mol. The molecule has 1 aromatic carbocycles. The minimum absolute atomic E-state index is 0.190. The number of hydrogen-bond acceptors (Lipinski definition) is 4. The summed E-state index contributed by atoms with van der Waals surface area (Å²) in [6, 6.07) is 7.44. The fourth-order valence-electron chi connectivity index (χ4n) is 2.52. The molecule has 4 nitrogen and oxygen atoms in total. The van der Waals surface area contributed by atoms with Crippen molar-refractivity contribution in [1.29, 1.82) is 0 Å². The van der Waals surface area contributed by atoms with Crippen molar-refractivity contribution in [2.24, 2.45) is 0 Å². The van der Waals surface area contributed by atoms with E-state index in [-0.39, 0.29) is 17.6 Å². The molecule has 5 heteroatoms. The van der Waals surface area contributed by atoms with E-state index in [2.05, 4.69) is 4.57 Å². The van der Waals surface area contributed by atoms with E-state index in [4.69, 9.17) is 4.74 Å². The number of rotatable bonds is 2. The van der Waals surface area contributed by atoms with Crippen molar-refractivity contribution in [2.75, 3.05) is 12.4 Å². The lowest BCUT2D eigenvalue weighted by Gasteiger charge is -2.22. The maximum Gasteiger partial charge on any atom is 0.344 e. The molecule has 0 N–H and O–H groups in total. The van der Waals surface area contributed by atoms with Gasteiger partial charge in [-0.15, -0.1) is 11.8 Å². The van der Waals surface area contributed by atoms with Crippen molar-refractivity contribution in [3.8, 4) is 0 Å². The van der Waals surface area contributed by atoms with Crippen molar-refractivity contribution in [3.63, 3.8) is 0 Å². The highest BCUT2D eigenvalue weighted by molar-refractivity contribution is 7.99. The van der Waals surface area contributed by atoms with Crippen LogP contribution < -0.4 is 5.43 Å². The third-order valence-electron chi connectivity index (χ3n) is 3.37. The van der Waals surface area contributed by atoms with Gasteiger partial charge in [-0.25, -0.2) is 4.79 Å². The number of thioether (sulfide) groups is 1. The lowest BCUT2D eigenvalue weighted by atomic mass is 10.1. The fourth-order valence-corrected chi connectivity index (χ4v) is 3.66. The van der Waals surface area contributed by atoms with Crippen LogP contribution in [0, 0.1) is 0 Å². The van der Waals surface area contributed by atoms with Crippen LogP contribution in [-0.2, 0) is 11.3 Å². The van der Waals surface area contributed by atoms with Gasteiger partial charge in [0.2, 0.25) is 5.43 Å². The Hall–Kier alpha value is -1.75. The van der Waals surface area contributed by atoms with Crippen molar-refractivity contribution in [1.82, 2.24) is 4.57 Å². The summed E-state index contributed by atoms with van der Waals surface area (Å²) in [6.45, 7) is 2.85. The van der Waals surface area contributed by atoms with Crippen molar-refractivity contribution in [2.45, 2.75) is 24.9 Å². The molecule has 0 spiro atoms. The van der Waals surface area contributed by atoms with Crippen LogP contribution in [0.25, 0.3) is 10.9 Å². The summed E-state index contributed by atoms with van der Waals surface area (Å²) in [5.41, 5.74) is 0.864. The first-order chi connectivity index (χ1) is 9.74. The first-order valence-corrected chi connectivity index (χ1v) is 7.68. The standard InChI is InChI=1S/C15H15NO3S/c1-2-19-15(18)12-13(17)10-6-3-4-7-11(10)16-8-5-9-20-14(12)16/h3-4,6-7H,2,5,8-9H2,1H3. The molecule has 1 aliphatic rings. The normalized spacial score (nSPS) is 14.1. The number of aryl methyl sites for hydroxylation is 1. The van der Waals surface area contributed by atoms with Gasteiger partial charge in [-0.2, -0.15) is 0 Å². The molecular formula is C15H15NO3S. The van der Waals surface area contributed by atoms with Gasteiger partial charge in [-0.1, -0.05) is 12.1 Å². The number of fused-ring (bicyclic) bond motifs is 3. The fraction of sp³-hybridized carbons (Fsp3) is 0.333. The number of esters is 1. The summed E-state index contributed by atoms with van der Waals surface area (Å²) >= 11 is 1.56. The topological polar surface area (TPSA) is 48.3 Å². The maximum absolute atomic E-state index is 12.6. The molecule has 0 saturated carbocycles. The Morgan fingerprint density at radius 1 is 1.40 bits per heavy atom. The molecule has 3 rings (SSSR count). The van der Waals surface area contributed by atoms with Crippen molar-refractivity contribution >= 4 is 28.6 Å². The van der Waals surface area contributed by atoms with Gasteiger partial charge in [0, 0.05) is 17.7 Å². The van der Waals surface area contributed by atoms with Crippen LogP contribution in [0.2, 0.25) is 0 Å². The Kier molecular flexibility index (Phi) is 3.53. The number of para-hydroxylation sites is 1. The van der Waals surface area contributed by atoms with Gasteiger partial charge in [-0.05, 0) is 25.5 Å². The lowest BCUT2D eigenvalue weighted by molar-refractivity contribution is 0.0519. The number of benzene rings is 1. The van der Waals surface area contributed by atoms with Crippen LogP contribution in [0.1, 0.15) is 23.7 Å². The molecule has 0 fully saturated rings. The Labute approximate surface area is 120 Å². The summed E-state index contributed by atoms with van der Waals surface area (Å²) in [5.74, 6) is 0.408. The summed E-state index contributed by atoms with van der Waals surface area (Å²) in [6.07, 6.45) is 1.03. The zero-order valence-corrected chi connectivity index (χ0v) is 12.0. The number of aromatic nitrogens is 1. The van der Waals surface area contributed by atoms with Gasteiger partial charge in [0.15, 0.2) is 0 Å². The summed E-state index contributed by atoms with van der Waals surface area (Å²) in [5, 5.41) is 1.33.